The van der Waals surface area contributed by atoms with Crippen LogP contribution in [0.5, 0.6) is 5.75 Å². The van der Waals surface area contributed by atoms with Crippen LogP contribution in [0.4, 0.5) is 0 Å². The highest BCUT2D eigenvalue weighted by Crippen LogP contribution is 2.45. The average Bonchev–Trinajstić information content (AvgIpc) is 2.28. The lowest BCUT2D eigenvalue weighted by Gasteiger charge is -2.45. The van der Waals surface area contributed by atoms with E-state index < -0.39 is 0 Å². The summed E-state index contributed by atoms with van der Waals surface area (Å²) in [7, 11) is 0. The van der Waals surface area contributed by atoms with Gasteiger partial charge < -0.3 is 10.4 Å². The number of hydrogen-bond donors (Lipinski definition) is 2. The fraction of sp³-hybridized carbons (Fsp3) is 0.611. The molecule has 0 aliphatic heterocycles. The average molecular weight is 289 g/mol. The van der Waals surface area contributed by atoms with Gasteiger partial charge in [-0.25, -0.2) is 0 Å². The van der Waals surface area contributed by atoms with E-state index in [-0.39, 0.29) is 28.5 Å². The molecule has 0 spiro atoms. The summed E-state index contributed by atoms with van der Waals surface area (Å²) >= 11 is 0. The molecule has 0 aromatic heterocycles. The zero-order valence-electron chi connectivity index (χ0n) is 13.8. The van der Waals surface area contributed by atoms with Gasteiger partial charge in [0.15, 0.2) is 0 Å². The molecule has 3 heteroatoms. The highest BCUT2D eigenvalue weighted by Gasteiger charge is 2.38. The number of phenolic OH excluding ortho intramolecular Hbond substituents is 1. The number of phenols is 1. The lowest BCUT2D eigenvalue weighted by Crippen LogP contribution is -2.46. The van der Waals surface area contributed by atoms with Crippen molar-refractivity contribution in [2.45, 2.75) is 59.9 Å². The van der Waals surface area contributed by atoms with Gasteiger partial charge in [-0.3, -0.25) is 4.79 Å². The molecule has 1 amide bonds. The number of benzene rings is 1. The van der Waals surface area contributed by atoms with E-state index in [2.05, 4.69) is 33.0 Å². The molecule has 21 heavy (non-hydrogen) atoms. The molecular formula is C18H27NO2. The third kappa shape index (κ3) is 3.99. The van der Waals surface area contributed by atoms with Crippen molar-refractivity contribution < 1.29 is 9.90 Å². The first-order valence-electron chi connectivity index (χ1n) is 7.69. The van der Waals surface area contributed by atoms with E-state index in [4.69, 9.17) is 0 Å². The van der Waals surface area contributed by atoms with E-state index in [1.807, 2.05) is 0 Å². The normalized spacial score (nSPS) is 21.0. The maximum absolute atomic E-state index is 12.4. The second-order valence-electron chi connectivity index (χ2n) is 8.09. The summed E-state index contributed by atoms with van der Waals surface area (Å²) < 4.78 is 0. The standard InChI is InChI=1S/C18H27NO2/c1-12-8-13(6-7-15(12)20)16(21)19-14-9-17(2,3)11-18(4,5)10-14/h6-8,14,20H,9-11H2,1-5H3,(H,19,21). The van der Waals surface area contributed by atoms with Crippen molar-refractivity contribution in [3.05, 3.63) is 29.3 Å². The maximum Gasteiger partial charge on any atom is 0.251 e. The second kappa shape index (κ2) is 5.36. The first-order chi connectivity index (χ1) is 9.58. The maximum atomic E-state index is 12.4. The van der Waals surface area contributed by atoms with Gasteiger partial charge in [-0.2, -0.15) is 0 Å². The minimum atomic E-state index is -0.0448. The molecule has 2 rings (SSSR count). The lowest BCUT2D eigenvalue weighted by atomic mass is 9.63. The molecule has 0 radical (unpaired) electrons. The third-order valence-corrected chi connectivity index (χ3v) is 4.35. The summed E-state index contributed by atoms with van der Waals surface area (Å²) in [6.45, 7) is 10.9. The number of carbonyl (C=O) groups is 1. The fourth-order valence-electron chi connectivity index (χ4n) is 4.01. The van der Waals surface area contributed by atoms with Crippen LogP contribution in [0.3, 0.4) is 0 Å². The predicted molar refractivity (Wildman–Crippen MR) is 85.5 cm³/mol. The Balaban J connectivity index is 2.10. The smallest absolute Gasteiger partial charge is 0.251 e. The van der Waals surface area contributed by atoms with Gasteiger partial charge in [0.25, 0.3) is 5.91 Å². The van der Waals surface area contributed by atoms with Gasteiger partial charge in [-0.1, -0.05) is 27.7 Å². The Labute approximate surface area is 127 Å². The number of amides is 1. The van der Waals surface area contributed by atoms with E-state index in [9.17, 15) is 9.90 Å². The van der Waals surface area contributed by atoms with E-state index >= 15 is 0 Å². The monoisotopic (exact) mass is 289 g/mol. The van der Waals surface area contributed by atoms with Crippen LogP contribution in [0.2, 0.25) is 0 Å². The van der Waals surface area contributed by atoms with Crippen molar-refractivity contribution in [2.24, 2.45) is 10.8 Å². The van der Waals surface area contributed by atoms with Crippen LogP contribution in [0, 0.1) is 17.8 Å². The van der Waals surface area contributed by atoms with Crippen LogP contribution in [0.25, 0.3) is 0 Å². The van der Waals surface area contributed by atoms with E-state index in [1.54, 1.807) is 25.1 Å². The highest BCUT2D eigenvalue weighted by molar-refractivity contribution is 5.94. The van der Waals surface area contributed by atoms with Crippen molar-refractivity contribution in [1.29, 1.82) is 0 Å². The largest absolute Gasteiger partial charge is 0.508 e. The molecule has 0 atom stereocenters. The summed E-state index contributed by atoms with van der Waals surface area (Å²) in [5, 5.41) is 12.7. The van der Waals surface area contributed by atoms with Gasteiger partial charge in [0.05, 0.1) is 0 Å². The van der Waals surface area contributed by atoms with Gasteiger partial charge in [-0.15, -0.1) is 0 Å². The molecule has 0 unspecified atom stereocenters. The summed E-state index contributed by atoms with van der Waals surface area (Å²) in [6.07, 6.45) is 3.21. The summed E-state index contributed by atoms with van der Waals surface area (Å²) in [5.41, 5.74) is 1.85. The number of aryl methyl sites for hydroxylation is 1. The van der Waals surface area contributed by atoms with Crippen LogP contribution < -0.4 is 5.32 Å². The molecule has 0 heterocycles. The van der Waals surface area contributed by atoms with Crippen LogP contribution in [0.1, 0.15) is 62.9 Å². The lowest BCUT2D eigenvalue weighted by molar-refractivity contribution is 0.0713. The minimum Gasteiger partial charge on any atom is -0.508 e. The Morgan fingerprint density at radius 1 is 1.19 bits per heavy atom. The molecule has 3 nitrogen and oxygen atoms in total. The first kappa shape index (κ1) is 15.9. The van der Waals surface area contributed by atoms with Crippen LogP contribution >= 0.6 is 0 Å². The molecular weight excluding hydrogens is 262 g/mol. The van der Waals surface area contributed by atoms with E-state index in [0.29, 0.717) is 5.56 Å². The number of hydrogen-bond acceptors (Lipinski definition) is 2. The summed E-state index contributed by atoms with van der Waals surface area (Å²) in [6, 6.07) is 5.21. The van der Waals surface area contributed by atoms with Gasteiger partial charge in [0.2, 0.25) is 0 Å². The Kier molecular flexibility index (Phi) is 4.05. The third-order valence-electron chi connectivity index (χ3n) is 4.35. The number of carbonyl (C=O) groups excluding carboxylic acids is 1. The van der Waals surface area contributed by atoms with Crippen LogP contribution in [-0.4, -0.2) is 17.1 Å². The molecule has 1 aromatic carbocycles. The predicted octanol–water partition coefficient (Wildman–Crippen LogP) is 4.04. The molecule has 1 saturated carbocycles. The fourth-order valence-corrected chi connectivity index (χ4v) is 4.01. The van der Waals surface area contributed by atoms with Crippen LogP contribution in [-0.2, 0) is 0 Å². The van der Waals surface area contributed by atoms with Crippen molar-refractivity contribution in [1.82, 2.24) is 5.32 Å². The van der Waals surface area contributed by atoms with E-state index in [1.165, 1.54) is 6.42 Å². The topological polar surface area (TPSA) is 49.3 Å². The Morgan fingerprint density at radius 3 is 2.29 bits per heavy atom. The van der Waals surface area contributed by atoms with Crippen molar-refractivity contribution in [3.8, 4) is 5.75 Å². The molecule has 1 aromatic rings. The quantitative estimate of drug-likeness (QED) is 0.863. The number of aromatic hydroxyl groups is 1. The molecule has 0 saturated heterocycles. The number of rotatable bonds is 2. The molecule has 1 aliphatic rings. The van der Waals surface area contributed by atoms with E-state index in [0.717, 1.165) is 18.4 Å². The molecule has 1 fully saturated rings. The Morgan fingerprint density at radius 2 is 1.76 bits per heavy atom. The molecule has 0 bridgehead atoms. The SMILES string of the molecule is Cc1cc(C(=O)NC2CC(C)(C)CC(C)(C)C2)ccc1O. The minimum absolute atomic E-state index is 0.0448. The molecule has 2 N–H and O–H groups in total. The van der Waals surface area contributed by atoms with Gasteiger partial charge in [-0.05, 0) is 60.8 Å². The van der Waals surface area contributed by atoms with Gasteiger partial charge in [0.1, 0.15) is 5.75 Å². The zero-order valence-corrected chi connectivity index (χ0v) is 13.8. The van der Waals surface area contributed by atoms with Crippen molar-refractivity contribution >= 4 is 5.91 Å². The molecule has 116 valence electrons. The van der Waals surface area contributed by atoms with Crippen molar-refractivity contribution in [2.75, 3.05) is 0 Å². The summed E-state index contributed by atoms with van der Waals surface area (Å²) in [4.78, 5) is 12.4. The summed E-state index contributed by atoms with van der Waals surface area (Å²) in [5.74, 6) is 0.183. The first-order valence-corrected chi connectivity index (χ1v) is 7.69. The van der Waals surface area contributed by atoms with Crippen molar-refractivity contribution in [3.63, 3.8) is 0 Å². The van der Waals surface area contributed by atoms with Crippen LogP contribution in [0.15, 0.2) is 18.2 Å². The zero-order chi connectivity index (χ0) is 15.8. The highest BCUT2D eigenvalue weighted by atomic mass is 16.3. The second-order valence-corrected chi connectivity index (χ2v) is 8.09. The van der Waals surface area contributed by atoms with Gasteiger partial charge >= 0.3 is 0 Å². The Hall–Kier alpha value is -1.51. The molecule has 1 aliphatic carbocycles. The Bertz CT molecular complexity index is 530. The van der Waals surface area contributed by atoms with Gasteiger partial charge in [0, 0.05) is 11.6 Å². The number of nitrogens with one attached hydrogen (secondary N) is 1.